The zero-order valence-electron chi connectivity index (χ0n) is 14.8. The molecule has 1 aromatic heterocycles. The topological polar surface area (TPSA) is 83.5 Å². The molecule has 2 aromatic rings. The number of nitrogens with one attached hydrogen (secondary N) is 2. The van der Waals surface area contributed by atoms with Crippen LogP contribution < -0.4 is 15.4 Å². The van der Waals surface area contributed by atoms with E-state index in [-0.39, 0.29) is 12.5 Å². The largest absolute Gasteiger partial charge is 0.484 e. The number of rotatable bonds is 9. The number of aromatic nitrogens is 1. The Kier molecular flexibility index (Phi) is 7.36. The lowest BCUT2D eigenvalue weighted by atomic mass is 10.0. The number of aliphatic hydroxyl groups is 1. The van der Waals surface area contributed by atoms with Crippen molar-refractivity contribution < 1.29 is 14.6 Å². The van der Waals surface area contributed by atoms with E-state index >= 15 is 0 Å². The number of benzene rings is 1. The van der Waals surface area contributed by atoms with Gasteiger partial charge < -0.3 is 20.5 Å². The average molecular weight is 363 g/mol. The molecule has 0 aliphatic carbocycles. The molecule has 0 saturated carbocycles. The number of ether oxygens (including phenoxy) is 1. The third-order valence-electron chi connectivity index (χ3n) is 3.85. The Morgan fingerprint density at radius 2 is 2.04 bits per heavy atom. The van der Waals surface area contributed by atoms with E-state index in [4.69, 9.17) is 4.74 Å². The fourth-order valence-electron chi connectivity index (χ4n) is 2.30. The lowest BCUT2D eigenvalue weighted by molar-refractivity contribution is -0.122. The minimum atomic E-state index is -0.529. The number of hydrogen-bond acceptors (Lipinski definition) is 6. The van der Waals surface area contributed by atoms with Gasteiger partial charge in [0.05, 0.1) is 9.88 Å². The van der Waals surface area contributed by atoms with Gasteiger partial charge in [-0.15, -0.1) is 11.3 Å². The Labute approximate surface area is 152 Å². The molecule has 0 aliphatic heterocycles. The predicted octanol–water partition coefficient (Wildman–Crippen LogP) is 2.00. The molecule has 0 fully saturated rings. The molecule has 2 atom stereocenters. The molecular formula is C18H25N3O3S. The Hall–Kier alpha value is -1.96. The van der Waals surface area contributed by atoms with Crippen molar-refractivity contribution in [3.05, 3.63) is 45.9 Å². The van der Waals surface area contributed by atoms with Crippen molar-refractivity contribution in [2.75, 3.05) is 26.7 Å². The first-order chi connectivity index (χ1) is 12.0. The Balaban J connectivity index is 1.76. The van der Waals surface area contributed by atoms with Crippen LogP contribution in [0.25, 0.3) is 0 Å². The third kappa shape index (κ3) is 6.12. The van der Waals surface area contributed by atoms with Gasteiger partial charge in [-0.3, -0.25) is 4.79 Å². The van der Waals surface area contributed by atoms with E-state index in [2.05, 4.69) is 22.5 Å². The third-order valence-corrected chi connectivity index (χ3v) is 4.87. The van der Waals surface area contributed by atoms with Crippen LogP contribution in [0.2, 0.25) is 0 Å². The van der Waals surface area contributed by atoms with Crippen LogP contribution in [0.15, 0.2) is 30.5 Å². The van der Waals surface area contributed by atoms with Gasteiger partial charge in [0, 0.05) is 26.3 Å². The zero-order valence-corrected chi connectivity index (χ0v) is 15.6. The first-order valence-electron chi connectivity index (χ1n) is 8.24. The second kappa shape index (κ2) is 9.50. The molecule has 0 radical (unpaired) electrons. The first kappa shape index (κ1) is 19.4. The summed E-state index contributed by atoms with van der Waals surface area (Å²) in [6.07, 6.45) is 1.20. The summed E-state index contributed by atoms with van der Waals surface area (Å²) < 4.78 is 5.39. The number of amides is 1. The molecule has 0 bridgehead atoms. The van der Waals surface area contributed by atoms with Crippen LogP contribution >= 0.6 is 11.3 Å². The van der Waals surface area contributed by atoms with Gasteiger partial charge >= 0.3 is 0 Å². The van der Waals surface area contributed by atoms with E-state index < -0.39 is 6.10 Å². The minimum Gasteiger partial charge on any atom is -0.484 e. The molecule has 1 amide bonds. The van der Waals surface area contributed by atoms with Gasteiger partial charge in [-0.25, -0.2) is 4.98 Å². The number of carbonyl (C=O) groups is 1. The maximum absolute atomic E-state index is 11.2. The number of likely N-dealkylation sites (N-methyl/N-ethyl adjacent to an activating group) is 1. The zero-order chi connectivity index (χ0) is 18.2. The second-order valence-corrected chi connectivity index (χ2v) is 7.15. The highest BCUT2D eigenvalue weighted by molar-refractivity contribution is 7.11. The van der Waals surface area contributed by atoms with Crippen molar-refractivity contribution in [3.8, 4) is 5.75 Å². The average Bonchev–Trinajstić information content (AvgIpc) is 3.06. The normalized spacial score (nSPS) is 13.3. The molecule has 3 N–H and O–H groups in total. The summed E-state index contributed by atoms with van der Waals surface area (Å²) in [5, 5.41) is 16.9. The van der Waals surface area contributed by atoms with E-state index in [0.29, 0.717) is 18.2 Å². The number of aryl methyl sites for hydroxylation is 1. The summed E-state index contributed by atoms with van der Waals surface area (Å²) in [5.74, 6) is 0.809. The molecule has 25 heavy (non-hydrogen) atoms. The smallest absolute Gasteiger partial charge is 0.257 e. The van der Waals surface area contributed by atoms with E-state index in [1.54, 1.807) is 13.2 Å². The molecule has 6 nitrogen and oxygen atoms in total. The van der Waals surface area contributed by atoms with Crippen LogP contribution in [0.4, 0.5) is 0 Å². The van der Waals surface area contributed by atoms with Gasteiger partial charge in [-0.1, -0.05) is 19.1 Å². The molecule has 1 aromatic carbocycles. The number of aliphatic hydroxyl groups excluding tert-OH is 1. The lowest BCUT2D eigenvalue weighted by Crippen LogP contribution is -2.25. The van der Waals surface area contributed by atoms with Gasteiger partial charge in [-0.05, 0) is 30.5 Å². The number of hydrogen-bond donors (Lipinski definition) is 3. The maximum atomic E-state index is 11.2. The SMILES string of the molecule is CNC(=O)COc1ccc(C(C)CNCC(O)c2cnc(C)s2)cc1. The molecule has 0 aliphatic rings. The number of nitrogens with zero attached hydrogens (tertiary/aromatic N) is 1. The van der Waals surface area contributed by atoms with E-state index in [1.165, 1.54) is 16.9 Å². The maximum Gasteiger partial charge on any atom is 0.257 e. The standard InChI is InChI=1S/C18H25N3O3S/c1-12(8-20-9-16(22)17-10-21-13(2)25-17)14-4-6-15(7-5-14)24-11-18(23)19-3/h4-7,10,12,16,20,22H,8-9,11H2,1-3H3,(H,19,23). The summed E-state index contributed by atoms with van der Waals surface area (Å²) in [7, 11) is 1.58. The van der Waals surface area contributed by atoms with Crippen LogP contribution in [0, 0.1) is 6.92 Å². The minimum absolute atomic E-state index is 0.0158. The molecule has 0 spiro atoms. The summed E-state index contributed by atoms with van der Waals surface area (Å²) >= 11 is 1.52. The van der Waals surface area contributed by atoms with Crippen LogP contribution in [-0.2, 0) is 4.79 Å². The Morgan fingerprint density at radius 3 is 2.64 bits per heavy atom. The van der Waals surface area contributed by atoms with Gasteiger partial charge in [0.15, 0.2) is 6.61 Å². The van der Waals surface area contributed by atoms with Crippen LogP contribution in [-0.4, -0.2) is 42.7 Å². The molecule has 2 unspecified atom stereocenters. The molecule has 2 rings (SSSR count). The van der Waals surface area contributed by atoms with Crippen molar-refractivity contribution in [1.29, 1.82) is 0 Å². The van der Waals surface area contributed by atoms with Crippen LogP contribution in [0.3, 0.4) is 0 Å². The highest BCUT2D eigenvalue weighted by Gasteiger charge is 2.12. The summed E-state index contributed by atoms with van der Waals surface area (Å²) in [4.78, 5) is 16.2. The first-order valence-corrected chi connectivity index (χ1v) is 9.05. The van der Waals surface area contributed by atoms with E-state index in [1.807, 2.05) is 31.2 Å². The molecular weight excluding hydrogens is 338 g/mol. The second-order valence-electron chi connectivity index (χ2n) is 5.89. The summed E-state index contributed by atoms with van der Waals surface area (Å²) in [6.45, 7) is 5.32. The van der Waals surface area contributed by atoms with Crippen molar-refractivity contribution in [3.63, 3.8) is 0 Å². The molecule has 7 heteroatoms. The van der Waals surface area contributed by atoms with Crippen molar-refractivity contribution in [2.45, 2.75) is 25.9 Å². The van der Waals surface area contributed by atoms with E-state index in [0.717, 1.165) is 16.4 Å². The van der Waals surface area contributed by atoms with E-state index in [9.17, 15) is 9.90 Å². The monoisotopic (exact) mass is 363 g/mol. The number of carbonyl (C=O) groups excluding carboxylic acids is 1. The highest BCUT2D eigenvalue weighted by Crippen LogP contribution is 2.21. The van der Waals surface area contributed by atoms with Crippen molar-refractivity contribution in [2.24, 2.45) is 0 Å². The summed E-state index contributed by atoms with van der Waals surface area (Å²) in [5.41, 5.74) is 1.17. The predicted molar refractivity (Wildman–Crippen MR) is 99.1 cm³/mol. The van der Waals surface area contributed by atoms with Gasteiger partial charge in [-0.2, -0.15) is 0 Å². The van der Waals surface area contributed by atoms with Crippen molar-refractivity contribution in [1.82, 2.24) is 15.6 Å². The quantitative estimate of drug-likeness (QED) is 0.635. The Bertz CT molecular complexity index is 672. The Morgan fingerprint density at radius 1 is 1.32 bits per heavy atom. The van der Waals surface area contributed by atoms with Gasteiger partial charge in [0.25, 0.3) is 5.91 Å². The molecule has 1 heterocycles. The molecule has 136 valence electrons. The van der Waals surface area contributed by atoms with Gasteiger partial charge in [0.1, 0.15) is 11.9 Å². The summed E-state index contributed by atoms with van der Waals surface area (Å²) in [6, 6.07) is 7.72. The van der Waals surface area contributed by atoms with Crippen molar-refractivity contribution >= 4 is 17.2 Å². The van der Waals surface area contributed by atoms with Crippen LogP contribution in [0.1, 0.15) is 34.4 Å². The van der Waals surface area contributed by atoms with Gasteiger partial charge in [0.2, 0.25) is 0 Å². The lowest BCUT2D eigenvalue weighted by Gasteiger charge is -2.15. The molecule has 0 saturated heterocycles. The fraction of sp³-hybridized carbons (Fsp3) is 0.444. The van der Waals surface area contributed by atoms with Crippen LogP contribution in [0.5, 0.6) is 5.75 Å². The number of thiazole rings is 1. The fourth-order valence-corrected chi connectivity index (χ4v) is 3.07. The highest BCUT2D eigenvalue weighted by atomic mass is 32.1.